The molecule has 1 N–H and O–H groups in total. The second-order valence-corrected chi connectivity index (χ2v) is 6.03. The summed E-state index contributed by atoms with van der Waals surface area (Å²) in [7, 11) is 0. The summed E-state index contributed by atoms with van der Waals surface area (Å²) in [6, 6.07) is 0. The highest BCUT2D eigenvalue weighted by Crippen LogP contribution is 2.29. The highest BCUT2D eigenvalue weighted by Gasteiger charge is 2.33. The average Bonchev–Trinajstić information content (AvgIpc) is 2.30. The molecule has 0 spiro atoms. The van der Waals surface area contributed by atoms with Gasteiger partial charge < -0.3 is 9.64 Å². The van der Waals surface area contributed by atoms with Gasteiger partial charge in [-0.1, -0.05) is 12.2 Å². The molecule has 0 aromatic heterocycles. The van der Waals surface area contributed by atoms with Gasteiger partial charge in [0.25, 0.3) is 0 Å². The lowest BCUT2D eigenvalue weighted by Crippen LogP contribution is -3.14. The van der Waals surface area contributed by atoms with Crippen LogP contribution in [0.25, 0.3) is 0 Å². The SMILES string of the molecule is C=C(C)[C@H]1CC[C@H](C)O[C@H]1C[NH+]1CCCCC1. The minimum Gasteiger partial charge on any atom is -0.369 e. The molecule has 2 rings (SSSR count). The van der Waals surface area contributed by atoms with Crippen LogP contribution in [-0.4, -0.2) is 31.8 Å². The Labute approximate surface area is 106 Å². The van der Waals surface area contributed by atoms with Gasteiger partial charge in [-0.3, -0.25) is 0 Å². The van der Waals surface area contributed by atoms with E-state index in [-0.39, 0.29) is 0 Å². The average molecular weight is 238 g/mol. The molecule has 0 radical (unpaired) electrons. The Bertz CT molecular complexity index is 258. The molecule has 2 fully saturated rings. The highest BCUT2D eigenvalue weighted by molar-refractivity contribution is 5.01. The van der Waals surface area contributed by atoms with Gasteiger partial charge in [0.2, 0.25) is 0 Å². The number of ether oxygens (including phenoxy) is 1. The smallest absolute Gasteiger partial charge is 0.113 e. The van der Waals surface area contributed by atoms with Crippen molar-refractivity contribution < 1.29 is 9.64 Å². The minimum absolute atomic E-state index is 0.421. The second-order valence-electron chi connectivity index (χ2n) is 6.03. The van der Waals surface area contributed by atoms with Gasteiger partial charge in [-0.05, 0) is 46.0 Å². The Kier molecular flexibility index (Phi) is 4.63. The lowest BCUT2D eigenvalue weighted by Gasteiger charge is -2.37. The molecular weight excluding hydrogens is 210 g/mol. The number of hydrogen-bond donors (Lipinski definition) is 1. The fraction of sp³-hybridized carbons (Fsp3) is 0.867. The summed E-state index contributed by atoms with van der Waals surface area (Å²) in [5.74, 6) is 0.598. The molecule has 0 aromatic rings. The van der Waals surface area contributed by atoms with Crippen molar-refractivity contribution >= 4 is 0 Å². The van der Waals surface area contributed by atoms with Crippen molar-refractivity contribution in [3.8, 4) is 0 Å². The van der Waals surface area contributed by atoms with Crippen molar-refractivity contribution in [2.45, 2.75) is 58.2 Å². The second kappa shape index (κ2) is 6.01. The van der Waals surface area contributed by atoms with Crippen molar-refractivity contribution in [2.75, 3.05) is 19.6 Å². The Hall–Kier alpha value is -0.340. The molecule has 2 heteroatoms. The van der Waals surface area contributed by atoms with Crippen LogP contribution in [0.15, 0.2) is 12.2 Å². The fourth-order valence-electron chi connectivity index (χ4n) is 3.36. The molecule has 2 aliphatic heterocycles. The fourth-order valence-corrected chi connectivity index (χ4v) is 3.36. The van der Waals surface area contributed by atoms with Crippen LogP contribution in [0.2, 0.25) is 0 Å². The van der Waals surface area contributed by atoms with Crippen molar-refractivity contribution in [3.05, 3.63) is 12.2 Å². The predicted molar refractivity (Wildman–Crippen MR) is 71.3 cm³/mol. The summed E-state index contributed by atoms with van der Waals surface area (Å²) in [5.41, 5.74) is 1.32. The van der Waals surface area contributed by atoms with Crippen LogP contribution in [0.3, 0.4) is 0 Å². The van der Waals surface area contributed by atoms with Crippen LogP contribution in [-0.2, 0) is 4.74 Å². The van der Waals surface area contributed by atoms with Crippen LogP contribution >= 0.6 is 0 Å². The van der Waals surface area contributed by atoms with E-state index >= 15 is 0 Å². The standard InChI is InChI=1S/C15H27NO/c1-12(2)14-8-7-13(3)17-15(14)11-16-9-5-4-6-10-16/h13-15H,1,4-11H2,2-3H3/p+1/t13-,14+,15-/m0/s1. The van der Waals surface area contributed by atoms with Crippen LogP contribution < -0.4 is 4.90 Å². The minimum atomic E-state index is 0.421. The molecule has 98 valence electrons. The van der Waals surface area contributed by atoms with E-state index in [0.29, 0.717) is 18.1 Å². The van der Waals surface area contributed by atoms with Crippen LogP contribution in [0.5, 0.6) is 0 Å². The summed E-state index contributed by atoms with van der Waals surface area (Å²) in [5, 5.41) is 0. The molecule has 3 atom stereocenters. The van der Waals surface area contributed by atoms with E-state index in [1.807, 2.05) is 0 Å². The van der Waals surface area contributed by atoms with Crippen molar-refractivity contribution in [3.63, 3.8) is 0 Å². The first kappa shape index (κ1) is 13.1. The molecule has 2 saturated heterocycles. The van der Waals surface area contributed by atoms with Gasteiger partial charge in [0, 0.05) is 5.92 Å². The molecular formula is C15H28NO+. The Morgan fingerprint density at radius 1 is 1.24 bits per heavy atom. The summed E-state index contributed by atoms with van der Waals surface area (Å²) in [6.45, 7) is 12.4. The topological polar surface area (TPSA) is 13.7 Å². The monoisotopic (exact) mass is 238 g/mol. The third-order valence-electron chi connectivity index (χ3n) is 4.42. The lowest BCUT2D eigenvalue weighted by molar-refractivity contribution is -0.908. The normalized spacial score (nSPS) is 35.8. The maximum atomic E-state index is 6.18. The van der Waals surface area contributed by atoms with Gasteiger partial charge in [0.05, 0.1) is 19.2 Å². The first-order valence-electron chi connectivity index (χ1n) is 7.31. The van der Waals surface area contributed by atoms with Crippen LogP contribution in [0.1, 0.15) is 46.0 Å². The van der Waals surface area contributed by atoms with Gasteiger partial charge in [0.1, 0.15) is 12.6 Å². The first-order chi connectivity index (χ1) is 8.16. The number of likely N-dealkylation sites (tertiary alicyclic amines) is 1. The Morgan fingerprint density at radius 3 is 2.59 bits per heavy atom. The zero-order valence-electron chi connectivity index (χ0n) is 11.5. The molecule has 2 aliphatic rings. The van der Waals surface area contributed by atoms with E-state index in [9.17, 15) is 0 Å². The molecule has 17 heavy (non-hydrogen) atoms. The Balaban J connectivity index is 1.92. The van der Waals surface area contributed by atoms with Gasteiger partial charge in [0.15, 0.2) is 0 Å². The number of nitrogens with one attached hydrogen (secondary N) is 1. The molecule has 0 bridgehead atoms. The summed E-state index contributed by atoms with van der Waals surface area (Å²) >= 11 is 0. The van der Waals surface area contributed by atoms with Crippen molar-refractivity contribution in [2.24, 2.45) is 5.92 Å². The molecule has 2 heterocycles. The summed E-state index contributed by atoms with van der Waals surface area (Å²) < 4.78 is 6.18. The quantitative estimate of drug-likeness (QED) is 0.741. The third-order valence-corrected chi connectivity index (χ3v) is 4.42. The zero-order chi connectivity index (χ0) is 12.3. The number of rotatable bonds is 3. The molecule has 0 aliphatic carbocycles. The van der Waals surface area contributed by atoms with E-state index < -0.39 is 0 Å². The summed E-state index contributed by atoms with van der Waals surface area (Å²) in [6.07, 6.45) is 7.56. The van der Waals surface area contributed by atoms with E-state index in [1.54, 1.807) is 4.90 Å². The molecule has 0 aromatic carbocycles. The first-order valence-corrected chi connectivity index (χ1v) is 7.31. The van der Waals surface area contributed by atoms with E-state index in [0.717, 1.165) is 0 Å². The summed E-state index contributed by atoms with van der Waals surface area (Å²) in [4.78, 5) is 1.75. The number of quaternary nitrogens is 1. The van der Waals surface area contributed by atoms with Crippen LogP contribution in [0, 0.1) is 5.92 Å². The van der Waals surface area contributed by atoms with E-state index in [4.69, 9.17) is 4.74 Å². The van der Waals surface area contributed by atoms with Crippen molar-refractivity contribution in [1.82, 2.24) is 0 Å². The van der Waals surface area contributed by atoms with Crippen LogP contribution in [0.4, 0.5) is 0 Å². The molecule has 0 saturated carbocycles. The maximum Gasteiger partial charge on any atom is 0.113 e. The predicted octanol–water partition coefficient (Wildman–Crippen LogP) is 1.81. The van der Waals surface area contributed by atoms with Gasteiger partial charge in [-0.2, -0.15) is 0 Å². The molecule has 0 amide bonds. The Morgan fingerprint density at radius 2 is 1.94 bits per heavy atom. The van der Waals surface area contributed by atoms with E-state index in [2.05, 4.69) is 20.4 Å². The van der Waals surface area contributed by atoms with E-state index in [1.165, 1.54) is 57.3 Å². The van der Waals surface area contributed by atoms with Gasteiger partial charge in [-0.25, -0.2) is 0 Å². The number of hydrogen-bond acceptors (Lipinski definition) is 1. The largest absolute Gasteiger partial charge is 0.369 e. The van der Waals surface area contributed by atoms with Gasteiger partial charge >= 0.3 is 0 Å². The van der Waals surface area contributed by atoms with Gasteiger partial charge in [-0.15, -0.1) is 0 Å². The molecule has 0 unspecified atom stereocenters. The third kappa shape index (κ3) is 3.56. The molecule has 2 nitrogen and oxygen atoms in total. The van der Waals surface area contributed by atoms with Crippen molar-refractivity contribution in [1.29, 1.82) is 0 Å². The number of piperidine rings is 1. The highest BCUT2D eigenvalue weighted by atomic mass is 16.5. The lowest BCUT2D eigenvalue weighted by atomic mass is 9.86. The maximum absolute atomic E-state index is 6.18. The zero-order valence-corrected chi connectivity index (χ0v) is 11.5.